The fourth-order valence-corrected chi connectivity index (χ4v) is 4.26. The molecule has 130 valence electrons. The normalized spacial score (nSPS) is 19.9. The lowest BCUT2D eigenvalue weighted by Gasteiger charge is -2.33. The Morgan fingerprint density at radius 2 is 1.68 bits per heavy atom. The number of hydrogen-bond donors (Lipinski definition) is 0. The fourth-order valence-electron chi connectivity index (χ4n) is 4.08. The van der Waals surface area contributed by atoms with E-state index >= 15 is 0 Å². The molecule has 5 aromatic rings. The molecule has 28 heavy (non-hydrogen) atoms. The maximum absolute atomic E-state index is 8.94. The van der Waals surface area contributed by atoms with Crippen molar-refractivity contribution < 1.29 is 22.5 Å². The van der Waals surface area contributed by atoms with E-state index in [0.29, 0.717) is 0 Å². The molecular weight excluding hydrogens is 365 g/mol. The summed E-state index contributed by atoms with van der Waals surface area (Å²) in [6.45, 7) is -1.39. The molecular formula is C24H13BClNO. The summed E-state index contributed by atoms with van der Waals surface area (Å²) in [5.41, 5.74) is -0.446. The van der Waals surface area contributed by atoms with E-state index in [4.69, 9.17) is 34.1 Å². The van der Waals surface area contributed by atoms with Crippen LogP contribution in [-0.2, 0) is 0 Å². The van der Waals surface area contributed by atoms with E-state index < -0.39 is 85.5 Å². The van der Waals surface area contributed by atoms with Crippen LogP contribution in [0.4, 0.5) is 0 Å². The third-order valence-corrected chi connectivity index (χ3v) is 5.30. The maximum Gasteiger partial charge on any atom is 0.431 e. The largest absolute Gasteiger partial charge is 0.551 e. The number of aromatic nitrogens is 1. The molecule has 0 amide bonds. The Bertz CT molecular complexity index is 2140. The summed E-state index contributed by atoms with van der Waals surface area (Å²) in [6, 6.07) is -6.77. The van der Waals surface area contributed by atoms with Gasteiger partial charge in [0.15, 0.2) is 0 Å². The van der Waals surface area contributed by atoms with Crippen molar-refractivity contribution >= 4 is 51.2 Å². The van der Waals surface area contributed by atoms with Gasteiger partial charge in [0.1, 0.15) is 5.75 Å². The average Bonchev–Trinajstić information content (AvgIpc) is 3.30. The van der Waals surface area contributed by atoms with Gasteiger partial charge < -0.3 is 9.22 Å². The first-order valence-corrected chi connectivity index (χ1v) is 8.75. The lowest BCUT2D eigenvalue weighted by molar-refractivity contribution is 0.590. The van der Waals surface area contributed by atoms with Gasteiger partial charge in [0.25, 0.3) is 0 Å². The van der Waals surface area contributed by atoms with Crippen LogP contribution in [0.2, 0.25) is 5.02 Å². The molecule has 0 radical (unpaired) electrons. The second-order valence-electron chi connectivity index (χ2n) is 6.47. The van der Waals surface area contributed by atoms with Gasteiger partial charge in [0.05, 0.1) is 28.9 Å². The number of nitrogens with zero attached hydrogens (tertiary/aromatic N) is 1. The van der Waals surface area contributed by atoms with E-state index in [1.165, 1.54) is 4.57 Å². The summed E-state index contributed by atoms with van der Waals surface area (Å²) in [4.78, 5) is 0. The van der Waals surface area contributed by atoms with Gasteiger partial charge >= 0.3 is 6.92 Å². The van der Waals surface area contributed by atoms with Crippen molar-refractivity contribution in [3.05, 3.63) is 83.6 Å². The molecule has 0 unspecified atom stereocenters. The predicted octanol–water partition coefficient (Wildman–Crippen LogP) is 4.92. The first kappa shape index (κ1) is 7.34. The molecule has 2 aliphatic rings. The standard InChI is InChI=1S/C24H13BClNO/c26-14-12-18-16-7-2-4-11-22(16)28-25-19-9-5-8-17-15-6-1-3-10-20(15)27(24(17)19)21(13-14)23(18)25/h1-13H/i1D,2D,3D,4D,5D,6D,7D,8D,9D,10D,11D,12D,13D. The summed E-state index contributed by atoms with van der Waals surface area (Å²) in [5.74, 6) is -0.315. The highest BCUT2D eigenvalue weighted by Crippen LogP contribution is 2.40. The fraction of sp³-hybridized carbons (Fsp3) is 0. The van der Waals surface area contributed by atoms with Crippen LogP contribution < -0.4 is 15.6 Å². The molecule has 0 spiro atoms. The van der Waals surface area contributed by atoms with Gasteiger partial charge in [-0.25, -0.2) is 0 Å². The zero-order chi connectivity index (χ0) is 29.7. The Hall–Kier alpha value is -3.17. The monoisotopic (exact) mass is 390 g/mol. The van der Waals surface area contributed by atoms with Crippen LogP contribution in [0.3, 0.4) is 0 Å². The summed E-state index contributed by atoms with van der Waals surface area (Å²) >= 11 is 6.52. The summed E-state index contributed by atoms with van der Waals surface area (Å²) in [6.07, 6.45) is 0. The molecule has 7 rings (SSSR count). The van der Waals surface area contributed by atoms with Crippen LogP contribution in [0.5, 0.6) is 5.75 Å². The third kappa shape index (κ3) is 1.67. The number of benzene rings is 4. The third-order valence-electron chi connectivity index (χ3n) is 5.12. The van der Waals surface area contributed by atoms with Crippen molar-refractivity contribution in [3.8, 4) is 22.6 Å². The van der Waals surface area contributed by atoms with Gasteiger partial charge in [-0.2, -0.15) is 0 Å². The van der Waals surface area contributed by atoms with Crippen LogP contribution in [0.25, 0.3) is 38.6 Å². The molecule has 0 aliphatic carbocycles. The van der Waals surface area contributed by atoms with Gasteiger partial charge in [0, 0.05) is 32.5 Å². The van der Waals surface area contributed by atoms with Crippen LogP contribution in [-0.4, -0.2) is 11.5 Å². The Labute approximate surface area is 185 Å². The Morgan fingerprint density at radius 1 is 0.857 bits per heavy atom. The minimum atomic E-state index is -1.39. The lowest BCUT2D eigenvalue weighted by atomic mass is 9.50. The van der Waals surface area contributed by atoms with Crippen LogP contribution in [0.1, 0.15) is 17.8 Å². The van der Waals surface area contributed by atoms with Gasteiger partial charge in [-0.3, -0.25) is 0 Å². The van der Waals surface area contributed by atoms with Crippen LogP contribution in [0.15, 0.2) is 78.6 Å². The van der Waals surface area contributed by atoms with E-state index in [0.717, 1.165) is 0 Å². The summed E-state index contributed by atoms with van der Waals surface area (Å²) in [5, 5.41) is -0.554. The molecule has 4 heteroatoms. The highest BCUT2D eigenvalue weighted by Gasteiger charge is 2.40. The Balaban J connectivity index is 1.85. The van der Waals surface area contributed by atoms with Gasteiger partial charge in [-0.15, -0.1) is 0 Å². The number of hydrogen-bond acceptors (Lipinski definition) is 1. The predicted molar refractivity (Wildman–Crippen MR) is 117 cm³/mol. The van der Waals surface area contributed by atoms with Crippen molar-refractivity contribution in [1.29, 1.82) is 0 Å². The van der Waals surface area contributed by atoms with E-state index in [2.05, 4.69) is 0 Å². The number of fused-ring (bicyclic) bond motifs is 7. The van der Waals surface area contributed by atoms with Crippen molar-refractivity contribution in [2.24, 2.45) is 0 Å². The van der Waals surface area contributed by atoms with Gasteiger partial charge in [-0.1, -0.05) is 66.0 Å². The maximum atomic E-state index is 8.94. The van der Waals surface area contributed by atoms with Gasteiger partial charge in [0.2, 0.25) is 0 Å². The molecule has 0 bridgehead atoms. The molecule has 0 N–H and O–H groups in total. The van der Waals surface area contributed by atoms with Crippen molar-refractivity contribution in [3.63, 3.8) is 0 Å². The van der Waals surface area contributed by atoms with E-state index in [1.807, 2.05) is 0 Å². The Kier molecular flexibility index (Phi) is 1.31. The van der Waals surface area contributed by atoms with Crippen LogP contribution >= 0.6 is 11.6 Å². The van der Waals surface area contributed by atoms with Crippen molar-refractivity contribution in [2.75, 3.05) is 0 Å². The zero-order valence-electron chi connectivity index (χ0n) is 26.8. The molecule has 0 saturated carbocycles. The zero-order valence-corrected chi connectivity index (χ0v) is 14.6. The number of rotatable bonds is 0. The Morgan fingerprint density at radius 3 is 2.64 bits per heavy atom. The summed E-state index contributed by atoms with van der Waals surface area (Å²) in [7, 11) is 0. The first-order chi connectivity index (χ1) is 19.2. The minimum Gasteiger partial charge on any atom is -0.551 e. The van der Waals surface area contributed by atoms with Crippen molar-refractivity contribution in [1.82, 2.24) is 4.57 Å². The smallest absolute Gasteiger partial charge is 0.431 e. The van der Waals surface area contributed by atoms with E-state index in [1.54, 1.807) is 0 Å². The molecule has 3 heterocycles. The van der Waals surface area contributed by atoms with E-state index in [-0.39, 0.29) is 60.3 Å². The van der Waals surface area contributed by atoms with Gasteiger partial charge in [-0.05, 0) is 35.2 Å². The molecule has 0 saturated heterocycles. The average molecular weight is 391 g/mol. The topological polar surface area (TPSA) is 14.2 Å². The van der Waals surface area contributed by atoms with E-state index in [9.17, 15) is 0 Å². The quantitative estimate of drug-likeness (QED) is 0.342. The SMILES string of the molecule is [2H]c1c([2H])c([2H])c2c(c1[2H])OB1c3c-2c([2H])c(Cl)c([2H])c3-n2c3c([2H])c([2H])c([2H])c([2H])c3c3c([2H])c([2H])c([2H])c1c32. The molecule has 1 aromatic heterocycles. The summed E-state index contributed by atoms with van der Waals surface area (Å²) < 4.78 is 119. The molecule has 0 atom stereocenters. The van der Waals surface area contributed by atoms with Crippen molar-refractivity contribution in [2.45, 2.75) is 0 Å². The second-order valence-corrected chi connectivity index (χ2v) is 6.85. The molecule has 2 nitrogen and oxygen atoms in total. The molecule has 0 fully saturated rings. The highest BCUT2D eigenvalue weighted by molar-refractivity contribution is 6.85. The van der Waals surface area contributed by atoms with Crippen LogP contribution in [0, 0.1) is 0 Å². The molecule has 4 aromatic carbocycles. The molecule has 2 aliphatic heterocycles. The number of para-hydroxylation sites is 3. The highest BCUT2D eigenvalue weighted by atomic mass is 35.5. The first-order valence-electron chi connectivity index (χ1n) is 14.9. The minimum absolute atomic E-state index is 0.0213. The number of halogens is 1. The lowest BCUT2D eigenvalue weighted by Crippen LogP contribution is -2.54. The second kappa shape index (κ2) is 5.00.